The van der Waals surface area contributed by atoms with Crippen LogP contribution >= 0.6 is 0 Å². The maximum Gasteiger partial charge on any atom is 0.308 e. The summed E-state index contributed by atoms with van der Waals surface area (Å²) < 4.78 is 0. The predicted octanol–water partition coefficient (Wildman–Crippen LogP) is 4.90. The molecule has 3 heteroatoms. The van der Waals surface area contributed by atoms with E-state index >= 15 is 0 Å². The third-order valence-electron chi connectivity index (χ3n) is 4.15. The van der Waals surface area contributed by atoms with Gasteiger partial charge < -0.3 is 10.8 Å². The van der Waals surface area contributed by atoms with Crippen LogP contribution in [-0.2, 0) is 4.79 Å². The molecular weight excluding hydrogens is 262 g/mol. The van der Waals surface area contributed by atoms with Crippen LogP contribution in [0.25, 0.3) is 0 Å². The van der Waals surface area contributed by atoms with E-state index in [1.54, 1.807) is 6.08 Å². The molecule has 0 fully saturated rings. The fourth-order valence-corrected chi connectivity index (χ4v) is 2.71. The maximum atomic E-state index is 11.1. The number of allylic oxidation sites excluding steroid dienone is 1. The topological polar surface area (TPSA) is 63.3 Å². The van der Waals surface area contributed by atoms with Crippen LogP contribution in [0.1, 0.15) is 84.0 Å². The minimum absolute atomic E-state index is 0.241. The number of rotatable bonds is 15. The van der Waals surface area contributed by atoms with Crippen LogP contribution < -0.4 is 5.73 Å². The Bertz CT molecular complexity index is 266. The minimum Gasteiger partial charge on any atom is -0.481 e. The second-order valence-corrected chi connectivity index (χ2v) is 6.10. The molecule has 0 saturated heterocycles. The maximum absolute atomic E-state index is 11.1. The van der Waals surface area contributed by atoms with Crippen molar-refractivity contribution in [1.82, 2.24) is 0 Å². The van der Waals surface area contributed by atoms with Crippen LogP contribution in [-0.4, -0.2) is 17.1 Å². The molecule has 0 aliphatic heterocycles. The van der Waals surface area contributed by atoms with Crippen LogP contribution in [0.2, 0.25) is 0 Å². The van der Waals surface area contributed by atoms with E-state index in [1.165, 1.54) is 57.8 Å². The first kappa shape index (κ1) is 20.2. The van der Waals surface area contributed by atoms with Gasteiger partial charge in [0.05, 0.1) is 5.92 Å². The summed E-state index contributed by atoms with van der Waals surface area (Å²) >= 11 is 0. The highest BCUT2D eigenvalue weighted by Crippen LogP contribution is 2.16. The van der Waals surface area contributed by atoms with Gasteiger partial charge >= 0.3 is 5.97 Å². The number of aliphatic carboxylic acids is 1. The van der Waals surface area contributed by atoms with Gasteiger partial charge in [-0.15, -0.1) is 6.58 Å². The number of unbranched alkanes of at least 4 members (excludes halogenated alkanes) is 9. The van der Waals surface area contributed by atoms with Gasteiger partial charge in [0.15, 0.2) is 0 Å². The Morgan fingerprint density at radius 2 is 1.52 bits per heavy atom. The van der Waals surface area contributed by atoms with Gasteiger partial charge in [-0.2, -0.15) is 0 Å². The van der Waals surface area contributed by atoms with Crippen molar-refractivity contribution >= 4 is 5.97 Å². The number of hydrogen-bond donors (Lipinski definition) is 2. The molecule has 0 amide bonds. The van der Waals surface area contributed by atoms with E-state index in [0.29, 0.717) is 6.42 Å². The summed E-state index contributed by atoms with van der Waals surface area (Å²) in [7, 11) is 0. The van der Waals surface area contributed by atoms with E-state index in [0.717, 1.165) is 12.8 Å². The SMILES string of the molecule is C=CCC(C(=O)O)C(N)CCCCCCCCCCCC. The highest BCUT2D eigenvalue weighted by Gasteiger charge is 2.23. The van der Waals surface area contributed by atoms with Gasteiger partial charge in [0, 0.05) is 6.04 Å². The van der Waals surface area contributed by atoms with Gasteiger partial charge in [0.25, 0.3) is 0 Å². The summed E-state index contributed by atoms with van der Waals surface area (Å²) in [6.45, 7) is 5.85. The predicted molar refractivity (Wildman–Crippen MR) is 90.4 cm³/mol. The van der Waals surface area contributed by atoms with Gasteiger partial charge in [0.2, 0.25) is 0 Å². The molecule has 0 aliphatic carbocycles. The molecule has 0 spiro atoms. The van der Waals surface area contributed by atoms with E-state index in [9.17, 15) is 4.79 Å². The number of carboxylic acid groups (broad SMARTS) is 1. The van der Waals surface area contributed by atoms with E-state index in [4.69, 9.17) is 10.8 Å². The number of hydrogen-bond acceptors (Lipinski definition) is 2. The lowest BCUT2D eigenvalue weighted by atomic mass is 9.92. The Morgan fingerprint density at radius 1 is 1.05 bits per heavy atom. The summed E-state index contributed by atoms with van der Waals surface area (Å²) in [5.74, 6) is -1.27. The molecule has 3 N–H and O–H groups in total. The largest absolute Gasteiger partial charge is 0.481 e. The zero-order chi connectivity index (χ0) is 15.9. The number of nitrogens with two attached hydrogens (primary N) is 1. The van der Waals surface area contributed by atoms with Crippen molar-refractivity contribution in [2.45, 2.75) is 90.0 Å². The Balaban J connectivity index is 3.48. The molecule has 0 saturated carbocycles. The lowest BCUT2D eigenvalue weighted by Gasteiger charge is -2.18. The van der Waals surface area contributed by atoms with Crippen LogP contribution in [0.5, 0.6) is 0 Å². The fraction of sp³-hybridized carbons (Fsp3) is 0.833. The smallest absolute Gasteiger partial charge is 0.308 e. The molecule has 0 rings (SSSR count). The average molecular weight is 297 g/mol. The van der Waals surface area contributed by atoms with Crippen LogP contribution in [0.15, 0.2) is 12.7 Å². The number of carbonyl (C=O) groups is 1. The zero-order valence-corrected chi connectivity index (χ0v) is 13.9. The molecule has 2 atom stereocenters. The molecule has 0 aromatic heterocycles. The summed E-state index contributed by atoms with van der Waals surface area (Å²) in [6, 6.07) is -0.241. The Labute approximate surface area is 131 Å². The van der Waals surface area contributed by atoms with Crippen LogP contribution in [0, 0.1) is 5.92 Å². The van der Waals surface area contributed by atoms with Gasteiger partial charge in [-0.05, 0) is 12.8 Å². The molecule has 2 unspecified atom stereocenters. The average Bonchev–Trinajstić information content (AvgIpc) is 2.46. The minimum atomic E-state index is -0.797. The Hall–Kier alpha value is -0.830. The Kier molecular flexibility index (Phi) is 13.6. The van der Waals surface area contributed by atoms with E-state index in [-0.39, 0.29) is 6.04 Å². The molecule has 21 heavy (non-hydrogen) atoms. The molecule has 124 valence electrons. The second kappa shape index (κ2) is 14.1. The molecule has 0 aliphatic rings. The highest BCUT2D eigenvalue weighted by atomic mass is 16.4. The van der Waals surface area contributed by atoms with Gasteiger partial charge in [-0.25, -0.2) is 0 Å². The van der Waals surface area contributed by atoms with Gasteiger partial charge in [-0.1, -0.05) is 77.2 Å². The summed E-state index contributed by atoms with van der Waals surface area (Å²) in [4.78, 5) is 11.1. The standard InChI is InChI=1S/C18H35NO2/c1-3-5-6-7-8-9-10-11-12-13-15-17(19)16(14-4-2)18(20)21/h4,16-17H,2-3,5-15,19H2,1H3,(H,20,21). The van der Waals surface area contributed by atoms with Crippen molar-refractivity contribution < 1.29 is 9.90 Å². The fourth-order valence-electron chi connectivity index (χ4n) is 2.71. The first-order chi connectivity index (χ1) is 10.1. The molecular formula is C18H35NO2. The van der Waals surface area contributed by atoms with Crippen molar-refractivity contribution in [3.8, 4) is 0 Å². The van der Waals surface area contributed by atoms with Crippen molar-refractivity contribution in [3.05, 3.63) is 12.7 Å². The normalized spacial score (nSPS) is 13.8. The highest BCUT2D eigenvalue weighted by molar-refractivity contribution is 5.71. The van der Waals surface area contributed by atoms with Crippen LogP contribution in [0.3, 0.4) is 0 Å². The third-order valence-corrected chi connectivity index (χ3v) is 4.15. The van der Waals surface area contributed by atoms with Crippen LogP contribution in [0.4, 0.5) is 0 Å². The van der Waals surface area contributed by atoms with Gasteiger partial charge in [-0.3, -0.25) is 4.79 Å². The zero-order valence-electron chi connectivity index (χ0n) is 13.9. The van der Waals surface area contributed by atoms with Crippen molar-refractivity contribution in [2.24, 2.45) is 11.7 Å². The van der Waals surface area contributed by atoms with Crippen molar-refractivity contribution in [2.75, 3.05) is 0 Å². The molecule has 0 aromatic carbocycles. The van der Waals surface area contributed by atoms with Crippen molar-refractivity contribution in [3.63, 3.8) is 0 Å². The Morgan fingerprint density at radius 3 is 1.95 bits per heavy atom. The summed E-state index contributed by atoms with van der Waals surface area (Å²) in [6.07, 6.45) is 15.8. The summed E-state index contributed by atoms with van der Waals surface area (Å²) in [5, 5.41) is 9.11. The van der Waals surface area contributed by atoms with Gasteiger partial charge in [0.1, 0.15) is 0 Å². The van der Waals surface area contributed by atoms with Crippen molar-refractivity contribution in [1.29, 1.82) is 0 Å². The van der Waals surface area contributed by atoms with E-state index in [1.807, 2.05) is 0 Å². The first-order valence-electron chi connectivity index (χ1n) is 8.72. The molecule has 0 heterocycles. The second-order valence-electron chi connectivity index (χ2n) is 6.10. The molecule has 0 aromatic rings. The monoisotopic (exact) mass is 297 g/mol. The first-order valence-corrected chi connectivity index (χ1v) is 8.72. The molecule has 3 nitrogen and oxygen atoms in total. The molecule has 0 radical (unpaired) electrons. The quantitative estimate of drug-likeness (QED) is 0.334. The lowest BCUT2D eigenvalue weighted by Crippen LogP contribution is -2.35. The van der Waals surface area contributed by atoms with E-state index < -0.39 is 11.9 Å². The third kappa shape index (κ3) is 11.5. The number of carboxylic acids is 1. The summed E-state index contributed by atoms with van der Waals surface area (Å²) in [5.41, 5.74) is 5.99. The lowest BCUT2D eigenvalue weighted by molar-refractivity contribution is -0.142. The van der Waals surface area contributed by atoms with E-state index in [2.05, 4.69) is 13.5 Å². The molecule has 0 bridgehead atoms.